The van der Waals surface area contributed by atoms with Gasteiger partial charge < -0.3 is 10.3 Å². The molecule has 5 heteroatoms. The maximum absolute atomic E-state index is 8.96. The third-order valence-corrected chi connectivity index (χ3v) is 3.20. The zero-order valence-electron chi connectivity index (χ0n) is 11.3. The number of nitrogens with two attached hydrogens (primary N) is 1. The number of rotatable bonds is 3. The van der Waals surface area contributed by atoms with E-state index in [0.717, 1.165) is 16.8 Å². The fraction of sp³-hybridized carbons (Fsp3) is 0.0625. The molecule has 21 heavy (non-hydrogen) atoms. The summed E-state index contributed by atoms with van der Waals surface area (Å²) in [5.41, 5.74) is 9.24. The van der Waals surface area contributed by atoms with Gasteiger partial charge in [-0.3, -0.25) is 0 Å². The van der Waals surface area contributed by atoms with Gasteiger partial charge in [0.25, 0.3) is 0 Å². The van der Waals surface area contributed by atoms with Gasteiger partial charge in [0.1, 0.15) is 5.82 Å². The normalized spacial score (nSPS) is 10.2. The van der Waals surface area contributed by atoms with Crippen molar-refractivity contribution in [2.75, 3.05) is 5.73 Å². The summed E-state index contributed by atoms with van der Waals surface area (Å²) >= 11 is 0. The summed E-state index contributed by atoms with van der Waals surface area (Å²) in [6, 6.07) is 13.4. The predicted octanol–water partition coefficient (Wildman–Crippen LogP) is 2.45. The van der Waals surface area contributed by atoms with Crippen LogP contribution >= 0.6 is 0 Å². The van der Waals surface area contributed by atoms with Gasteiger partial charge in [-0.15, -0.1) is 0 Å². The van der Waals surface area contributed by atoms with Crippen LogP contribution < -0.4 is 5.73 Å². The van der Waals surface area contributed by atoms with E-state index in [9.17, 15) is 0 Å². The van der Waals surface area contributed by atoms with Gasteiger partial charge in [0.05, 0.1) is 29.9 Å². The van der Waals surface area contributed by atoms with E-state index in [-0.39, 0.29) is 0 Å². The maximum atomic E-state index is 8.96. The molecule has 0 amide bonds. The minimum atomic E-state index is 0.492. The van der Waals surface area contributed by atoms with Crippen molar-refractivity contribution in [1.29, 1.82) is 5.26 Å². The molecule has 0 bridgehead atoms. The summed E-state index contributed by atoms with van der Waals surface area (Å²) in [4.78, 5) is 8.30. The molecule has 2 aromatic heterocycles. The van der Waals surface area contributed by atoms with Crippen LogP contribution in [0.15, 0.2) is 55.1 Å². The number of hydrogen-bond acceptors (Lipinski definition) is 4. The topological polar surface area (TPSA) is 80.5 Å². The third-order valence-electron chi connectivity index (χ3n) is 3.20. The number of nitrogens with zero attached hydrogens (tertiary/aromatic N) is 4. The molecular formula is C16H13N5. The second-order valence-corrected chi connectivity index (χ2v) is 4.69. The highest BCUT2D eigenvalue weighted by molar-refractivity contribution is 5.59. The molecule has 0 saturated heterocycles. The van der Waals surface area contributed by atoms with Gasteiger partial charge in [0, 0.05) is 18.3 Å². The van der Waals surface area contributed by atoms with E-state index < -0.39 is 0 Å². The predicted molar refractivity (Wildman–Crippen MR) is 80.1 cm³/mol. The van der Waals surface area contributed by atoms with Crippen LogP contribution in [-0.4, -0.2) is 14.5 Å². The lowest BCUT2D eigenvalue weighted by atomic mass is 10.1. The standard InChI is InChI=1S/C16H13N5/c17-7-12-2-1-3-13(6-12)10-21-11-19-9-15(21)14-4-5-16(18)20-8-14/h1-6,8-9,11H,10H2,(H2,18,20). The summed E-state index contributed by atoms with van der Waals surface area (Å²) < 4.78 is 2.02. The molecule has 0 fully saturated rings. The first-order valence-corrected chi connectivity index (χ1v) is 6.47. The average molecular weight is 275 g/mol. The Hall–Kier alpha value is -3.13. The van der Waals surface area contributed by atoms with Crippen LogP contribution in [0.3, 0.4) is 0 Å². The molecule has 3 aromatic rings. The SMILES string of the molecule is N#Cc1cccc(Cn2cncc2-c2ccc(N)nc2)c1. The summed E-state index contributed by atoms with van der Waals surface area (Å²) in [5.74, 6) is 0.492. The third kappa shape index (κ3) is 2.74. The zero-order chi connectivity index (χ0) is 14.7. The van der Waals surface area contributed by atoms with E-state index in [0.29, 0.717) is 17.9 Å². The van der Waals surface area contributed by atoms with Crippen molar-refractivity contribution >= 4 is 5.82 Å². The molecule has 5 nitrogen and oxygen atoms in total. The van der Waals surface area contributed by atoms with Crippen molar-refractivity contribution in [2.24, 2.45) is 0 Å². The highest BCUT2D eigenvalue weighted by Gasteiger charge is 2.06. The van der Waals surface area contributed by atoms with Crippen molar-refractivity contribution in [2.45, 2.75) is 6.54 Å². The van der Waals surface area contributed by atoms with Gasteiger partial charge in [-0.1, -0.05) is 12.1 Å². The molecule has 0 aliphatic rings. The number of pyridine rings is 1. The van der Waals surface area contributed by atoms with Crippen molar-refractivity contribution in [1.82, 2.24) is 14.5 Å². The van der Waals surface area contributed by atoms with E-state index in [1.54, 1.807) is 30.9 Å². The van der Waals surface area contributed by atoms with Crippen LogP contribution in [-0.2, 0) is 6.54 Å². The Labute approximate surface area is 122 Å². The smallest absolute Gasteiger partial charge is 0.123 e. The highest BCUT2D eigenvalue weighted by Crippen LogP contribution is 2.20. The molecule has 0 aliphatic heterocycles. The number of anilines is 1. The fourth-order valence-corrected chi connectivity index (χ4v) is 2.18. The lowest BCUT2D eigenvalue weighted by Gasteiger charge is -2.08. The lowest BCUT2D eigenvalue weighted by Crippen LogP contribution is -2.01. The summed E-state index contributed by atoms with van der Waals surface area (Å²) in [5, 5.41) is 8.96. The van der Waals surface area contributed by atoms with Crippen LogP contribution in [0.2, 0.25) is 0 Å². The summed E-state index contributed by atoms with van der Waals surface area (Å²) in [6.07, 6.45) is 5.29. The molecule has 0 radical (unpaired) electrons. The van der Waals surface area contributed by atoms with E-state index in [1.807, 2.05) is 28.8 Å². The number of imidazole rings is 1. The molecule has 3 rings (SSSR count). The van der Waals surface area contributed by atoms with Crippen molar-refractivity contribution in [3.63, 3.8) is 0 Å². The van der Waals surface area contributed by atoms with Gasteiger partial charge in [-0.25, -0.2) is 9.97 Å². The fourth-order valence-electron chi connectivity index (χ4n) is 2.18. The Bertz CT molecular complexity index is 796. The molecule has 0 saturated carbocycles. The van der Waals surface area contributed by atoms with Crippen molar-refractivity contribution in [3.8, 4) is 17.3 Å². The second kappa shape index (κ2) is 5.47. The molecule has 2 heterocycles. The summed E-state index contributed by atoms with van der Waals surface area (Å²) in [6.45, 7) is 0.648. The Morgan fingerprint density at radius 1 is 1.19 bits per heavy atom. The van der Waals surface area contributed by atoms with Crippen LogP contribution in [0, 0.1) is 11.3 Å². The quantitative estimate of drug-likeness (QED) is 0.796. The van der Waals surface area contributed by atoms with E-state index >= 15 is 0 Å². The number of nitriles is 1. The van der Waals surface area contributed by atoms with Gasteiger partial charge in [-0.05, 0) is 29.8 Å². The highest BCUT2D eigenvalue weighted by atomic mass is 15.0. The monoisotopic (exact) mass is 275 g/mol. The molecule has 0 aliphatic carbocycles. The Kier molecular flexibility index (Phi) is 3.36. The summed E-state index contributed by atoms with van der Waals surface area (Å²) in [7, 11) is 0. The Morgan fingerprint density at radius 2 is 2.10 bits per heavy atom. The van der Waals surface area contributed by atoms with Gasteiger partial charge in [-0.2, -0.15) is 5.26 Å². The second-order valence-electron chi connectivity index (χ2n) is 4.69. The average Bonchev–Trinajstić information content (AvgIpc) is 2.96. The van der Waals surface area contributed by atoms with Crippen LogP contribution in [0.4, 0.5) is 5.82 Å². The number of nitrogen functional groups attached to an aromatic ring is 1. The minimum absolute atomic E-state index is 0.492. The Balaban J connectivity index is 1.92. The first-order valence-electron chi connectivity index (χ1n) is 6.47. The van der Waals surface area contributed by atoms with Crippen LogP contribution in [0.1, 0.15) is 11.1 Å². The van der Waals surface area contributed by atoms with E-state index in [1.165, 1.54) is 0 Å². The van der Waals surface area contributed by atoms with Gasteiger partial charge in [0.2, 0.25) is 0 Å². The molecule has 2 N–H and O–H groups in total. The van der Waals surface area contributed by atoms with Crippen LogP contribution in [0.5, 0.6) is 0 Å². The molecule has 0 atom stereocenters. The molecular weight excluding hydrogens is 262 g/mol. The molecule has 0 spiro atoms. The largest absolute Gasteiger partial charge is 0.384 e. The Morgan fingerprint density at radius 3 is 2.86 bits per heavy atom. The lowest BCUT2D eigenvalue weighted by molar-refractivity contribution is 0.804. The van der Waals surface area contributed by atoms with E-state index in [2.05, 4.69) is 16.0 Å². The van der Waals surface area contributed by atoms with Crippen molar-refractivity contribution < 1.29 is 0 Å². The number of aromatic nitrogens is 3. The van der Waals surface area contributed by atoms with E-state index in [4.69, 9.17) is 11.0 Å². The van der Waals surface area contributed by atoms with Crippen LogP contribution in [0.25, 0.3) is 11.3 Å². The minimum Gasteiger partial charge on any atom is -0.384 e. The molecule has 102 valence electrons. The van der Waals surface area contributed by atoms with Crippen molar-refractivity contribution in [3.05, 3.63) is 66.2 Å². The van der Waals surface area contributed by atoms with Gasteiger partial charge >= 0.3 is 0 Å². The maximum Gasteiger partial charge on any atom is 0.123 e. The molecule has 0 unspecified atom stereocenters. The zero-order valence-corrected chi connectivity index (χ0v) is 11.3. The first-order chi connectivity index (χ1) is 10.3. The van der Waals surface area contributed by atoms with Gasteiger partial charge in [0.15, 0.2) is 0 Å². The number of benzene rings is 1. The first kappa shape index (κ1) is 12.9. The number of hydrogen-bond donors (Lipinski definition) is 1. The molecule has 1 aromatic carbocycles.